The molecule has 1 aliphatic rings. The molecule has 0 fully saturated rings. The molecule has 0 bridgehead atoms. The molecule has 0 spiro atoms. The van der Waals surface area contributed by atoms with Crippen molar-refractivity contribution in [1.82, 2.24) is 0 Å². The Kier molecular flexibility index (Phi) is 4.82. The number of thioether (sulfide) groups is 1. The van der Waals surface area contributed by atoms with Crippen LogP contribution >= 0.6 is 11.8 Å². The summed E-state index contributed by atoms with van der Waals surface area (Å²) < 4.78 is 28.2. The fraction of sp³-hybridized carbons (Fsp3) is 0.176. The van der Waals surface area contributed by atoms with Gasteiger partial charge in [0.1, 0.15) is 4.90 Å². The van der Waals surface area contributed by atoms with Crippen LogP contribution in [-0.2, 0) is 14.8 Å². The number of nitrogens with zero attached hydrogens (tertiary/aromatic N) is 1. The van der Waals surface area contributed by atoms with Gasteiger partial charge in [-0.05, 0) is 43.7 Å². The molecule has 130 valence electrons. The maximum atomic E-state index is 12.2. The number of fused-ring (bicyclic) bond motifs is 1. The molecule has 0 saturated carbocycles. The summed E-state index contributed by atoms with van der Waals surface area (Å²) in [6.45, 7) is 3.84. The predicted molar refractivity (Wildman–Crippen MR) is 102 cm³/mol. The van der Waals surface area contributed by atoms with Gasteiger partial charge in [0.15, 0.2) is 5.17 Å². The highest BCUT2D eigenvalue weighted by Gasteiger charge is 2.25. The summed E-state index contributed by atoms with van der Waals surface area (Å²) in [5, 5.41) is 5.93. The van der Waals surface area contributed by atoms with Crippen molar-refractivity contribution in [1.29, 1.82) is 0 Å². The van der Waals surface area contributed by atoms with E-state index < -0.39 is 10.0 Å². The van der Waals surface area contributed by atoms with E-state index in [2.05, 4.69) is 15.0 Å². The van der Waals surface area contributed by atoms with E-state index >= 15 is 0 Å². The lowest BCUT2D eigenvalue weighted by molar-refractivity contribution is -0.113. The predicted octanol–water partition coefficient (Wildman–Crippen LogP) is 3.15. The second kappa shape index (κ2) is 6.89. The zero-order chi connectivity index (χ0) is 18.0. The molecule has 1 aliphatic heterocycles. The van der Waals surface area contributed by atoms with Crippen LogP contribution in [0.4, 0.5) is 11.4 Å². The molecular weight excluding hydrogens is 358 g/mol. The first-order valence-corrected chi connectivity index (χ1v) is 9.98. The van der Waals surface area contributed by atoms with Crippen LogP contribution in [0.15, 0.2) is 51.8 Å². The number of amides is 1. The third kappa shape index (κ3) is 4.21. The Balaban J connectivity index is 1.66. The normalized spacial score (nSPS) is 14.9. The van der Waals surface area contributed by atoms with Gasteiger partial charge in [-0.3, -0.25) is 4.79 Å². The van der Waals surface area contributed by atoms with E-state index in [4.69, 9.17) is 0 Å². The maximum absolute atomic E-state index is 12.2. The van der Waals surface area contributed by atoms with Crippen molar-refractivity contribution in [3.05, 3.63) is 53.6 Å². The third-order valence-electron chi connectivity index (χ3n) is 3.53. The number of hydrogen-bond acceptors (Lipinski definition) is 5. The minimum atomic E-state index is -3.75. The number of nitrogens with one attached hydrogen (secondary N) is 2. The summed E-state index contributed by atoms with van der Waals surface area (Å²) in [7, 11) is -3.75. The number of amidine groups is 1. The molecule has 0 aliphatic carbocycles. The second-order valence-electron chi connectivity index (χ2n) is 5.70. The number of sulfonamides is 1. The molecule has 6 nitrogen and oxygen atoms in total. The molecule has 0 saturated heterocycles. The monoisotopic (exact) mass is 375 g/mol. The smallest absolute Gasteiger partial charge is 0.286 e. The van der Waals surface area contributed by atoms with Gasteiger partial charge in [-0.25, -0.2) is 0 Å². The summed E-state index contributed by atoms with van der Waals surface area (Å²) in [5.41, 5.74) is 3.22. The van der Waals surface area contributed by atoms with E-state index in [1.54, 1.807) is 12.1 Å². The van der Waals surface area contributed by atoms with E-state index in [1.807, 2.05) is 38.1 Å². The first-order valence-electron chi connectivity index (χ1n) is 7.55. The molecule has 8 heteroatoms. The number of anilines is 2. The standard InChI is InChI=1S/C17H17N3O3S2/c1-11-3-6-13(7-4-11)18-16(21)10-24-17-19-14-9-12(2)5-8-15(14)25(22,23)20-17/h3-9H,10H2,1-2H3,(H,18,21)(H,19,20). The number of carbonyl (C=O) groups excluding carboxylic acids is 1. The fourth-order valence-corrected chi connectivity index (χ4v) is 4.31. The Morgan fingerprint density at radius 2 is 1.80 bits per heavy atom. The van der Waals surface area contributed by atoms with E-state index in [9.17, 15) is 13.2 Å². The third-order valence-corrected chi connectivity index (χ3v) is 5.86. The first-order chi connectivity index (χ1) is 11.8. The zero-order valence-corrected chi connectivity index (χ0v) is 15.4. The van der Waals surface area contributed by atoms with Gasteiger partial charge in [0.2, 0.25) is 5.91 Å². The summed E-state index contributed by atoms with van der Waals surface area (Å²) in [6.07, 6.45) is 0. The molecule has 0 unspecified atom stereocenters. The minimum absolute atomic E-state index is 0.0520. The summed E-state index contributed by atoms with van der Waals surface area (Å²) in [5.74, 6) is -0.179. The summed E-state index contributed by atoms with van der Waals surface area (Å²) in [4.78, 5) is 12.2. The molecule has 2 N–H and O–H groups in total. The van der Waals surface area contributed by atoms with Crippen LogP contribution < -0.4 is 10.6 Å². The van der Waals surface area contributed by atoms with Crippen LogP contribution in [-0.4, -0.2) is 25.2 Å². The molecule has 1 heterocycles. The van der Waals surface area contributed by atoms with Gasteiger partial charge >= 0.3 is 0 Å². The topological polar surface area (TPSA) is 87.6 Å². The molecule has 25 heavy (non-hydrogen) atoms. The molecular formula is C17H17N3O3S2. The van der Waals surface area contributed by atoms with Crippen LogP contribution in [0.25, 0.3) is 0 Å². The number of benzene rings is 2. The van der Waals surface area contributed by atoms with Gasteiger partial charge in [0.25, 0.3) is 10.0 Å². The largest absolute Gasteiger partial charge is 0.333 e. The van der Waals surface area contributed by atoms with Crippen molar-refractivity contribution in [2.75, 3.05) is 16.4 Å². The van der Waals surface area contributed by atoms with Crippen molar-refractivity contribution in [2.45, 2.75) is 18.7 Å². The van der Waals surface area contributed by atoms with Crippen LogP contribution in [0.2, 0.25) is 0 Å². The van der Waals surface area contributed by atoms with Gasteiger partial charge in [-0.1, -0.05) is 35.5 Å². The number of carbonyl (C=O) groups is 1. The minimum Gasteiger partial charge on any atom is -0.333 e. The Morgan fingerprint density at radius 3 is 2.52 bits per heavy atom. The van der Waals surface area contributed by atoms with Crippen LogP contribution in [0.5, 0.6) is 0 Å². The van der Waals surface area contributed by atoms with Crippen molar-refractivity contribution < 1.29 is 13.2 Å². The van der Waals surface area contributed by atoms with Gasteiger partial charge in [0, 0.05) is 5.69 Å². The van der Waals surface area contributed by atoms with Crippen molar-refractivity contribution in [2.24, 2.45) is 4.40 Å². The van der Waals surface area contributed by atoms with Crippen LogP contribution in [0.1, 0.15) is 11.1 Å². The lowest BCUT2D eigenvalue weighted by Gasteiger charge is -2.18. The molecule has 0 radical (unpaired) electrons. The first kappa shape index (κ1) is 17.5. The Hall–Kier alpha value is -2.32. The molecule has 2 aromatic rings. The van der Waals surface area contributed by atoms with Gasteiger partial charge in [-0.2, -0.15) is 8.42 Å². The van der Waals surface area contributed by atoms with E-state index in [0.717, 1.165) is 22.9 Å². The number of hydrogen-bond donors (Lipinski definition) is 2. The summed E-state index contributed by atoms with van der Waals surface area (Å²) >= 11 is 1.05. The van der Waals surface area contributed by atoms with Crippen molar-refractivity contribution >= 4 is 44.2 Å². The average molecular weight is 375 g/mol. The zero-order valence-electron chi connectivity index (χ0n) is 13.7. The van der Waals surface area contributed by atoms with Crippen LogP contribution in [0, 0.1) is 13.8 Å². The van der Waals surface area contributed by atoms with E-state index in [1.165, 1.54) is 6.07 Å². The molecule has 0 aromatic heterocycles. The molecule has 2 aromatic carbocycles. The van der Waals surface area contributed by atoms with Crippen LogP contribution in [0.3, 0.4) is 0 Å². The van der Waals surface area contributed by atoms with Crippen molar-refractivity contribution in [3.63, 3.8) is 0 Å². The number of rotatable bonds is 3. The highest BCUT2D eigenvalue weighted by atomic mass is 32.2. The highest BCUT2D eigenvalue weighted by Crippen LogP contribution is 2.30. The highest BCUT2D eigenvalue weighted by molar-refractivity contribution is 8.15. The Labute approximate surface area is 150 Å². The lowest BCUT2D eigenvalue weighted by Crippen LogP contribution is -2.22. The van der Waals surface area contributed by atoms with E-state index in [0.29, 0.717) is 11.4 Å². The van der Waals surface area contributed by atoms with Gasteiger partial charge in [-0.15, -0.1) is 4.40 Å². The number of aryl methyl sites for hydroxylation is 2. The van der Waals surface area contributed by atoms with Gasteiger partial charge in [0.05, 0.1) is 11.4 Å². The SMILES string of the molecule is Cc1ccc(NC(=O)CSC2=NS(=O)(=O)c3ccc(C)cc3N2)cc1. The quantitative estimate of drug-likeness (QED) is 0.860. The van der Waals surface area contributed by atoms with Gasteiger partial charge < -0.3 is 10.6 Å². The molecule has 3 rings (SSSR count). The second-order valence-corrected chi connectivity index (χ2v) is 8.24. The van der Waals surface area contributed by atoms with Crippen molar-refractivity contribution in [3.8, 4) is 0 Å². The maximum Gasteiger partial charge on any atom is 0.286 e. The average Bonchev–Trinajstić information content (AvgIpc) is 2.54. The molecule has 1 amide bonds. The molecule has 0 atom stereocenters. The fourth-order valence-electron chi connectivity index (χ4n) is 2.29. The van der Waals surface area contributed by atoms with E-state index in [-0.39, 0.29) is 21.7 Å². The Morgan fingerprint density at radius 1 is 1.12 bits per heavy atom. The summed E-state index contributed by atoms with van der Waals surface area (Å²) in [6, 6.07) is 12.4. The lowest BCUT2D eigenvalue weighted by atomic mass is 10.2. The Bertz CT molecular complexity index is 952.